The Balaban J connectivity index is 1.90. The van der Waals surface area contributed by atoms with Gasteiger partial charge in [-0.2, -0.15) is 0 Å². The van der Waals surface area contributed by atoms with Crippen LogP contribution in [0.1, 0.15) is 20.3 Å². The van der Waals surface area contributed by atoms with Crippen LogP contribution in [0.2, 0.25) is 0 Å². The first-order valence-electron chi connectivity index (χ1n) is 5.66. The summed E-state index contributed by atoms with van der Waals surface area (Å²) >= 11 is 0. The van der Waals surface area contributed by atoms with Crippen LogP contribution in [0.15, 0.2) is 0 Å². The normalized spacial score (nSPS) is 44.8. The predicted octanol–water partition coefficient (Wildman–Crippen LogP) is 0.692. The molecule has 3 unspecified atom stereocenters. The van der Waals surface area contributed by atoms with Crippen molar-refractivity contribution in [3.8, 4) is 0 Å². The Morgan fingerprint density at radius 3 is 2.86 bits per heavy atom. The molecule has 0 spiro atoms. The monoisotopic (exact) mass is 198 g/mol. The molecule has 2 heterocycles. The van der Waals surface area contributed by atoms with Crippen LogP contribution in [0.25, 0.3) is 0 Å². The average Bonchev–Trinajstić information content (AvgIpc) is 2.62. The molecule has 0 radical (unpaired) electrons. The minimum atomic E-state index is 0.185. The SMILES string of the molecule is CC1CCN(CC2(C)COCC2N)C1. The lowest BCUT2D eigenvalue weighted by Crippen LogP contribution is -2.46. The number of ether oxygens (including phenoxy) is 1. The molecule has 0 aliphatic carbocycles. The summed E-state index contributed by atoms with van der Waals surface area (Å²) in [7, 11) is 0. The molecule has 2 fully saturated rings. The smallest absolute Gasteiger partial charge is 0.0624 e. The zero-order chi connectivity index (χ0) is 10.2. The summed E-state index contributed by atoms with van der Waals surface area (Å²) < 4.78 is 5.46. The number of hydrogen-bond acceptors (Lipinski definition) is 3. The van der Waals surface area contributed by atoms with Crippen LogP contribution in [-0.2, 0) is 4.74 Å². The Morgan fingerprint density at radius 2 is 2.36 bits per heavy atom. The fourth-order valence-electron chi connectivity index (χ4n) is 2.57. The Hall–Kier alpha value is -0.120. The molecule has 2 saturated heterocycles. The largest absolute Gasteiger partial charge is 0.379 e. The summed E-state index contributed by atoms with van der Waals surface area (Å²) in [4.78, 5) is 2.54. The number of rotatable bonds is 2. The zero-order valence-electron chi connectivity index (χ0n) is 9.33. The predicted molar refractivity (Wildman–Crippen MR) is 57.1 cm³/mol. The van der Waals surface area contributed by atoms with Gasteiger partial charge in [-0.05, 0) is 18.9 Å². The van der Waals surface area contributed by atoms with Crippen molar-refractivity contribution in [2.45, 2.75) is 26.3 Å². The van der Waals surface area contributed by atoms with Gasteiger partial charge < -0.3 is 15.4 Å². The van der Waals surface area contributed by atoms with E-state index in [9.17, 15) is 0 Å². The number of likely N-dealkylation sites (tertiary alicyclic amines) is 1. The first-order valence-corrected chi connectivity index (χ1v) is 5.66. The molecule has 14 heavy (non-hydrogen) atoms. The minimum absolute atomic E-state index is 0.185. The molecule has 3 atom stereocenters. The molecule has 2 N–H and O–H groups in total. The first-order chi connectivity index (χ1) is 6.60. The standard InChI is InChI=1S/C11H22N2O/c1-9-3-4-13(5-9)7-11(2)8-14-6-10(11)12/h9-10H,3-8,12H2,1-2H3. The van der Waals surface area contributed by atoms with Gasteiger partial charge in [0.05, 0.1) is 13.2 Å². The summed E-state index contributed by atoms with van der Waals surface area (Å²) in [6.07, 6.45) is 1.34. The Labute approximate surface area is 86.6 Å². The van der Waals surface area contributed by atoms with Crippen LogP contribution in [-0.4, -0.2) is 43.8 Å². The Kier molecular flexibility index (Phi) is 2.82. The van der Waals surface area contributed by atoms with Crippen LogP contribution in [0.5, 0.6) is 0 Å². The molecule has 3 nitrogen and oxygen atoms in total. The van der Waals surface area contributed by atoms with Crippen molar-refractivity contribution in [3.63, 3.8) is 0 Å². The van der Waals surface area contributed by atoms with E-state index in [0.29, 0.717) is 0 Å². The highest BCUT2D eigenvalue weighted by Crippen LogP contribution is 2.30. The lowest BCUT2D eigenvalue weighted by Gasteiger charge is -2.31. The van der Waals surface area contributed by atoms with Gasteiger partial charge in [-0.15, -0.1) is 0 Å². The van der Waals surface area contributed by atoms with Gasteiger partial charge in [0.2, 0.25) is 0 Å². The number of nitrogens with two attached hydrogens (primary N) is 1. The summed E-state index contributed by atoms with van der Waals surface area (Å²) in [6, 6.07) is 0.221. The Morgan fingerprint density at radius 1 is 1.57 bits per heavy atom. The van der Waals surface area contributed by atoms with Gasteiger partial charge >= 0.3 is 0 Å². The molecule has 0 aromatic carbocycles. The number of hydrogen-bond donors (Lipinski definition) is 1. The summed E-state index contributed by atoms with van der Waals surface area (Å²) in [5.41, 5.74) is 6.26. The van der Waals surface area contributed by atoms with E-state index < -0.39 is 0 Å². The van der Waals surface area contributed by atoms with E-state index in [1.807, 2.05) is 0 Å². The Bertz CT molecular complexity index is 209. The molecule has 82 valence electrons. The van der Waals surface area contributed by atoms with Crippen LogP contribution >= 0.6 is 0 Å². The quantitative estimate of drug-likeness (QED) is 0.709. The highest BCUT2D eigenvalue weighted by molar-refractivity contribution is 4.93. The van der Waals surface area contributed by atoms with E-state index in [0.717, 1.165) is 25.7 Å². The maximum atomic E-state index is 6.07. The molecule has 0 amide bonds. The van der Waals surface area contributed by atoms with Gasteiger partial charge in [0.1, 0.15) is 0 Å². The molecule has 2 aliphatic heterocycles. The molecule has 2 aliphatic rings. The van der Waals surface area contributed by atoms with Gasteiger partial charge in [0.25, 0.3) is 0 Å². The fraction of sp³-hybridized carbons (Fsp3) is 1.00. The molecule has 0 bridgehead atoms. The fourth-order valence-corrected chi connectivity index (χ4v) is 2.57. The van der Waals surface area contributed by atoms with Crippen LogP contribution in [0.4, 0.5) is 0 Å². The number of nitrogens with zero attached hydrogens (tertiary/aromatic N) is 1. The second-order valence-electron chi connectivity index (χ2n) is 5.40. The summed E-state index contributed by atoms with van der Waals surface area (Å²) in [5, 5.41) is 0. The highest BCUT2D eigenvalue weighted by atomic mass is 16.5. The van der Waals surface area contributed by atoms with E-state index in [1.165, 1.54) is 19.5 Å². The van der Waals surface area contributed by atoms with Gasteiger partial charge in [-0.25, -0.2) is 0 Å². The average molecular weight is 198 g/mol. The highest BCUT2D eigenvalue weighted by Gasteiger charge is 2.39. The van der Waals surface area contributed by atoms with Gasteiger partial charge in [-0.1, -0.05) is 13.8 Å². The van der Waals surface area contributed by atoms with E-state index >= 15 is 0 Å². The van der Waals surface area contributed by atoms with Crippen LogP contribution in [0.3, 0.4) is 0 Å². The molecule has 3 heteroatoms. The second kappa shape index (κ2) is 3.80. The maximum absolute atomic E-state index is 6.07. The molecular weight excluding hydrogens is 176 g/mol. The lowest BCUT2D eigenvalue weighted by molar-refractivity contribution is 0.128. The van der Waals surface area contributed by atoms with Gasteiger partial charge in [0.15, 0.2) is 0 Å². The molecular formula is C11H22N2O. The lowest BCUT2D eigenvalue weighted by atomic mass is 9.85. The molecule has 0 aromatic heterocycles. The van der Waals surface area contributed by atoms with Crippen molar-refractivity contribution >= 4 is 0 Å². The summed E-state index contributed by atoms with van der Waals surface area (Å²) in [6.45, 7) is 9.74. The van der Waals surface area contributed by atoms with Crippen molar-refractivity contribution in [2.75, 3.05) is 32.8 Å². The van der Waals surface area contributed by atoms with Crippen molar-refractivity contribution in [1.29, 1.82) is 0 Å². The van der Waals surface area contributed by atoms with Crippen molar-refractivity contribution in [1.82, 2.24) is 4.90 Å². The minimum Gasteiger partial charge on any atom is -0.379 e. The summed E-state index contributed by atoms with van der Waals surface area (Å²) in [5.74, 6) is 0.858. The van der Waals surface area contributed by atoms with E-state index in [4.69, 9.17) is 10.5 Å². The third-order valence-electron chi connectivity index (χ3n) is 3.72. The van der Waals surface area contributed by atoms with Gasteiger partial charge in [0, 0.05) is 24.5 Å². The van der Waals surface area contributed by atoms with E-state index in [2.05, 4.69) is 18.7 Å². The topological polar surface area (TPSA) is 38.5 Å². The van der Waals surface area contributed by atoms with E-state index in [-0.39, 0.29) is 11.5 Å². The zero-order valence-corrected chi connectivity index (χ0v) is 9.33. The first kappa shape index (κ1) is 10.4. The second-order valence-corrected chi connectivity index (χ2v) is 5.40. The molecule has 0 aromatic rings. The van der Waals surface area contributed by atoms with Crippen molar-refractivity contribution in [2.24, 2.45) is 17.1 Å². The maximum Gasteiger partial charge on any atom is 0.0624 e. The van der Waals surface area contributed by atoms with Crippen LogP contribution < -0.4 is 5.73 Å². The van der Waals surface area contributed by atoms with Crippen LogP contribution in [0, 0.1) is 11.3 Å². The van der Waals surface area contributed by atoms with E-state index in [1.54, 1.807) is 0 Å². The van der Waals surface area contributed by atoms with Crippen molar-refractivity contribution in [3.05, 3.63) is 0 Å². The van der Waals surface area contributed by atoms with Crippen molar-refractivity contribution < 1.29 is 4.74 Å². The molecule has 0 saturated carbocycles. The third kappa shape index (κ3) is 1.95. The third-order valence-corrected chi connectivity index (χ3v) is 3.72. The molecule has 2 rings (SSSR count). The van der Waals surface area contributed by atoms with Gasteiger partial charge in [-0.3, -0.25) is 0 Å².